The molecule has 0 aromatic heterocycles. The summed E-state index contributed by atoms with van der Waals surface area (Å²) in [5.74, 6) is -1.36. The van der Waals surface area contributed by atoms with Crippen LogP contribution in [0.2, 0.25) is 5.02 Å². The van der Waals surface area contributed by atoms with Gasteiger partial charge in [-0.1, -0.05) is 11.6 Å². The van der Waals surface area contributed by atoms with Gasteiger partial charge in [0, 0.05) is 25.8 Å². The van der Waals surface area contributed by atoms with Gasteiger partial charge in [-0.3, -0.25) is 10.1 Å². The Bertz CT molecular complexity index is 661. The van der Waals surface area contributed by atoms with Crippen molar-refractivity contribution in [3.63, 3.8) is 0 Å². The zero-order valence-electron chi connectivity index (χ0n) is 10.6. The molecule has 0 fully saturated rings. The van der Waals surface area contributed by atoms with Gasteiger partial charge in [0.2, 0.25) is 10.0 Å². The highest BCUT2D eigenvalue weighted by atomic mass is 35.5. The third-order valence-electron chi connectivity index (χ3n) is 2.43. The highest BCUT2D eigenvalue weighted by Gasteiger charge is 2.24. The second kappa shape index (κ2) is 6.80. The Morgan fingerprint density at radius 2 is 2.19 bits per heavy atom. The van der Waals surface area contributed by atoms with Crippen LogP contribution in [0.25, 0.3) is 0 Å². The zero-order chi connectivity index (χ0) is 16.2. The van der Waals surface area contributed by atoms with Crippen LogP contribution in [-0.4, -0.2) is 44.2 Å². The maximum Gasteiger partial charge on any atom is 0.334 e. The number of benzene rings is 1. The lowest BCUT2D eigenvalue weighted by Gasteiger charge is -2.12. The number of halogens is 1. The van der Waals surface area contributed by atoms with Crippen molar-refractivity contribution in [2.75, 3.05) is 13.7 Å². The van der Waals surface area contributed by atoms with E-state index in [2.05, 4.69) is 4.74 Å². The highest BCUT2D eigenvalue weighted by molar-refractivity contribution is 7.89. The molecule has 2 N–H and O–H groups in total. The van der Waals surface area contributed by atoms with Crippen molar-refractivity contribution in [1.29, 1.82) is 0 Å². The average Bonchev–Trinajstić information content (AvgIpc) is 2.38. The number of sulfonamides is 1. The first kappa shape index (κ1) is 17.3. The van der Waals surface area contributed by atoms with E-state index in [1.807, 2.05) is 4.72 Å². The fraction of sp³-hybridized carbons (Fsp3) is 0.300. The number of ether oxygens (including phenoxy) is 1. The monoisotopic (exact) mass is 338 g/mol. The van der Waals surface area contributed by atoms with Crippen LogP contribution in [0, 0.1) is 10.1 Å². The minimum atomic E-state index is -4.22. The number of aliphatic carboxylic acids is 1. The molecular weight excluding hydrogens is 328 g/mol. The van der Waals surface area contributed by atoms with Gasteiger partial charge in [-0.05, 0) is 6.07 Å². The Kier molecular flexibility index (Phi) is 5.61. The molecule has 9 nitrogen and oxygen atoms in total. The number of hydrogen-bond acceptors (Lipinski definition) is 6. The molecule has 0 aliphatic rings. The summed E-state index contributed by atoms with van der Waals surface area (Å²) in [6, 6.07) is 2.91. The molecule has 1 aromatic carbocycles. The number of nitrogens with one attached hydrogen (secondary N) is 1. The van der Waals surface area contributed by atoms with E-state index in [-0.39, 0.29) is 5.02 Å². The molecule has 11 heteroatoms. The van der Waals surface area contributed by atoms with Crippen molar-refractivity contribution in [2.24, 2.45) is 0 Å². The molecule has 0 heterocycles. The molecule has 0 radical (unpaired) electrons. The number of carboxylic acids is 1. The predicted molar refractivity (Wildman–Crippen MR) is 71.7 cm³/mol. The van der Waals surface area contributed by atoms with Crippen LogP contribution in [0.15, 0.2) is 23.1 Å². The van der Waals surface area contributed by atoms with Gasteiger partial charge in [-0.2, -0.15) is 0 Å². The van der Waals surface area contributed by atoms with Gasteiger partial charge in [0.1, 0.15) is 4.90 Å². The predicted octanol–water partition coefficient (Wildman–Crippen LogP) is 0.626. The Hall–Kier alpha value is -1.75. The topological polar surface area (TPSA) is 136 Å². The first-order valence-corrected chi connectivity index (χ1v) is 7.24. The van der Waals surface area contributed by atoms with Crippen molar-refractivity contribution >= 4 is 33.3 Å². The molecule has 21 heavy (non-hydrogen) atoms. The number of nitro groups is 1. The Labute approximate surface area is 124 Å². The lowest BCUT2D eigenvalue weighted by Crippen LogP contribution is -2.37. The van der Waals surface area contributed by atoms with Gasteiger partial charge in [0.15, 0.2) is 6.10 Å². The van der Waals surface area contributed by atoms with Gasteiger partial charge in [-0.25, -0.2) is 17.9 Å². The quantitative estimate of drug-likeness (QED) is 0.549. The minimum Gasteiger partial charge on any atom is -0.479 e. The van der Waals surface area contributed by atoms with Gasteiger partial charge in [0.25, 0.3) is 5.69 Å². The summed E-state index contributed by atoms with van der Waals surface area (Å²) >= 11 is 5.71. The Morgan fingerprint density at radius 1 is 1.57 bits per heavy atom. The normalized spacial score (nSPS) is 12.9. The maximum atomic E-state index is 12.0. The first-order chi connectivity index (χ1) is 9.69. The number of non-ortho nitro benzene ring substituents is 1. The third kappa shape index (κ3) is 4.36. The van der Waals surface area contributed by atoms with Crippen molar-refractivity contribution in [3.8, 4) is 0 Å². The van der Waals surface area contributed by atoms with E-state index in [0.29, 0.717) is 0 Å². The van der Waals surface area contributed by atoms with Crippen LogP contribution in [0.4, 0.5) is 5.69 Å². The SMILES string of the molecule is COC(CNS(=O)(=O)c1cc([N+](=O)[O-])ccc1Cl)C(=O)O. The minimum absolute atomic E-state index is 0.225. The highest BCUT2D eigenvalue weighted by Crippen LogP contribution is 2.25. The van der Waals surface area contributed by atoms with E-state index in [0.717, 1.165) is 25.3 Å². The molecule has 116 valence electrons. The number of carboxylic acid groups (broad SMARTS) is 1. The summed E-state index contributed by atoms with van der Waals surface area (Å²) in [6.45, 7) is -0.548. The number of hydrogen-bond donors (Lipinski definition) is 2. The van der Waals surface area contributed by atoms with E-state index in [4.69, 9.17) is 16.7 Å². The van der Waals surface area contributed by atoms with E-state index < -0.39 is 44.1 Å². The van der Waals surface area contributed by atoms with Crippen LogP contribution in [0.1, 0.15) is 0 Å². The van der Waals surface area contributed by atoms with Crippen LogP contribution in [-0.2, 0) is 19.6 Å². The molecule has 0 aliphatic carbocycles. The van der Waals surface area contributed by atoms with Crippen LogP contribution in [0.5, 0.6) is 0 Å². The lowest BCUT2D eigenvalue weighted by molar-refractivity contribution is -0.385. The van der Waals surface area contributed by atoms with Crippen molar-refractivity contribution < 1.29 is 28.0 Å². The van der Waals surface area contributed by atoms with E-state index in [1.165, 1.54) is 0 Å². The number of carbonyl (C=O) groups is 1. The molecule has 0 saturated carbocycles. The average molecular weight is 339 g/mol. The van der Waals surface area contributed by atoms with Gasteiger partial charge < -0.3 is 9.84 Å². The van der Waals surface area contributed by atoms with Crippen LogP contribution in [0.3, 0.4) is 0 Å². The van der Waals surface area contributed by atoms with Gasteiger partial charge in [-0.15, -0.1) is 0 Å². The number of rotatable bonds is 7. The van der Waals surface area contributed by atoms with Crippen LogP contribution < -0.4 is 4.72 Å². The molecule has 0 aliphatic heterocycles. The van der Waals surface area contributed by atoms with Crippen molar-refractivity contribution in [1.82, 2.24) is 4.72 Å². The zero-order valence-corrected chi connectivity index (χ0v) is 12.2. The number of nitrogens with zero attached hydrogens (tertiary/aromatic N) is 1. The van der Waals surface area contributed by atoms with Gasteiger partial charge >= 0.3 is 5.97 Å². The molecule has 0 saturated heterocycles. The molecule has 1 rings (SSSR count). The summed E-state index contributed by atoms with van der Waals surface area (Å²) in [7, 11) is -3.11. The molecular formula is C10H11ClN2O7S. The van der Waals surface area contributed by atoms with Crippen molar-refractivity contribution in [2.45, 2.75) is 11.0 Å². The molecule has 0 amide bonds. The summed E-state index contributed by atoms with van der Waals surface area (Å²) in [6.07, 6.45) is -1.39. The van der Waals surface area contributed by atoms with E-state index in [9.17, 15) is 23.3 Å². The van der Waals surface area contributed by atoms with Gasteiger partial charge in [0.05, 0.1) is 9.95 Å². The smallest absolute Gasteiger partial charge is 0.334 e. The number of nitro benzene ring substituents is 1. The third-order valence-corrected chi connectivity index (χ3v) is 4.34. The summed E-state index contributed by atoms with van der Waals surface area (Å²) < 4.78 is 30.5. The second-order valence-electron chi connectivity index (χ2n) is 3.79. The summed E-state index contributed by atoms with van der Waals surface area (Å²) in [5, 5.41) is 19.2. The Morgan fingerprint density at radius 3 is 2.67 bits per heavy atom. The molecule has 1 unspecified atom stereocenters. The Balaban J connectivity index is 3.05. The molecule has 0 bridgehead atoms. The fourth-order valence-corrected chi connectivity index (χ4v) is 2.90. The maximum absolute atomic E-state index is 12.0. The standard InChI is InChI=1S/C10H11ClN2O7S/c1-20-8(10(14)15)5-12-21(18,19)9-4-6(13(16)17)2-3-7(9)11/h2-4,8,12H,5H2,1H3,(H,14,15). The first-order valence-electron chi connectivity index (χ1n) is 5.38. The molecule has 1 aromatic rings. The fourth-order valence-electron chi connectivity index (χ4n) is 1.35. The van der Waals surface area contributed by atoms with Crippen molar-refractivity contribution in [3.05, 3.63) is 33.3 Å². The number of methoxy groups -OCH3 is 1. The van der Waals surface area contributed by atoms with E-state index in [1.54, 1.807) is 0 Å². The van der Waals surface area contributed by atoms with Crippen LogP contribution >= 0.6 is 11.6 Å². The van der Waals surface area contributed by atoms with E-state index >= 15 is 0 Å². The largest absolute Gasteiger partial charge is 0.479 e. The lowest BCUT2D eigenvalue weighted by atomic mass is 10.3. The molecule has 1 atom stereocenters. The summed E-state index contributed by atoms with van der Waals surface area (Å²) in [4.78, 5) is 20.1. The second-order valence-corrected chi connectivity index (χ2v) is 5.93. The molecule has 0 spiro atoms. The summed E-state index contributed by atoms with van der Waals surface area (Å²) in [5.41, 5.74) is -0.457.